The standard InChI is InChI=1S/C17H22N2/c1-13-6-8-14(9-7-13)10-19-11-15-4-2-3-5-17(18)16(15)12-19/h6-9,11-12,17H,2-5,10,18H2,1H3. The van der Waals surface area contributed by atoms with Crippen LogP contribution in [0.1, 0.15) is 47.6 Å². The lowest BCUT2D eigenvalue weighted by Gasteiger charge is -2.07. The lowest BCUT2D eigenvalue weighted by atomic mass is 10.1. The van der Waals surface area contributed by atoms with Gasteiger partial charge in [0.1, 0.15) is 0 Å². The number of aromatic nitrogens is 1. The summed E-state index contributed by atoms with van der Waals surface area (Å²) >= 11 is 0. The molecule has 2 heteroatoms. The molecule has 0 radical (unpaired) electrons. The Morgan fingerprint density at radius 3 is 2.74 bits per heavy atom. The van der Waals surface area contributed by atoms with Gasteiger partial charge in [0, 0.05) is 25.0 Å². The number of fused-ring (bicyclic) bond motifs is 1. The van der Waals surface area contributed by atoms with Crippen LogP contribution in [-0.4, -0.2) is 4.57 Å². The zero-order valence-corrected chi connectivity index (χ0v) is 11.6. The van der Waals surface area contributed by atoms with Crippen molar-refractivity contribution in [3.63, 3.8) is 0 Å². The first-order valence-corrected chi connectivity index (χ1v) is 7.22. The molecular weight excluding hydrogens is 232 g/mol. The van der Waals surface area contributed by atoms with Gasteiger partial charge in [-0.3, -0.25) is 0 Å². The molecule has 0 fully saturated rings. The van der Waals surface area contributed by atoms with Crippen LogP contribution in [0.2, 0.25) is 0 Å². The van der Waals surface area contributed by atoms with E-state index in [1.165, 1.54) is 41.5 Å². The predicted molar refractivity (Wildman–Crippen MR) is 79.2 cm³/mol. The first-order chi connectivity index (χ1) is 9.22. The molecule has 1 aliphatic carbocycles. The summed E-state index contributed by atoms with van der Waals surface area (Å²) in [6.45, 7) is 3.07. The van der Waals surface area contributed by atoms with Gasteiger partial charge in [-0.05, 0) is 42.9 Å². The van der Waals surface area contributed by atoms with Crippen molar-refractivity contribution in [3.05, 3.63) is 58.9 Å². The Morgan fingerprint density at radius 2 is 1.95 bits per heavy atom. The summed E-state index contributed by atoms with van der Waals surface area (Å²) in [5, 5.41) is 0. The van der Waals surface area contributed by atoms with Crippen molar-refractivity contribution in [2.75, 3.05) is 0 Å². The van der Waals surface area contributed by atoms with Crippen LogP contribution in [0.4, 0.5) is 0 Å². The third-order valence-corrected chi connectivity index (χ3v) is 4.09. The van der Waals surface area contributed by atoms with Crippen LogP contribution >= 0.6 is 0 Å². The normalized spacial score (nSPS) is 18.9. The van der Waals surface area contributed by atoms with Crippen LogP contribution in [0.15, 0.2) is 36.7 Å². The van der Waals surface area contributed by atoms with Crippen molar-refractivity contribution in [3.8, 4) is 0 Å². The van der Waals surface area contributed by atoms with Crippen molar-refractivity contribution < 1.29 is 0 Å². The van der Waals surface area contributed by atoms with E-state index in [0.717, 1.165) is 13.0 Å². The zero-order valence-electron chi connectivity index (χ0n) is 11.6. The Bertz CT molecular complexity index is 551. The topological polar surface area (TPSA) is 30.9 Å². The highest BCUT2D eigenvalue weighted by Gasteiger charge is 2.17. The molecule has 0 saturated carbocycles. The van der Waals surface area contributed by atoms with Gasteiger partial charge < -0.3 is 10.3 Å². The van der Waals surface area contributed by atoms with E-state index in [4.69, 9.17) is 5.73 Å². The molecular formula is C17H22N2. The molecule has 2 N–H and O–H groups in total. The number of hydrogen-bond donors (Lipinski definition) is 1. The highest BCUT2D eigenvalue weighted by molar-refractivity contribution is 5.30. The van der Waals surface area contributed by atoms with Gasteiger partial charge in [0.05, 0.1) is 0 Å². The maximum absolute atomic E-state index is 6.26. The Morgan fingerprint density at radius 1 is 1.16 bits per heavy atom. The van der Waals surface area contributed by atoms with Crippen molar-refractivity contribution >= 4 is 0 Å². The van der Waals surface area contributed by atoms with Gasteiger partial charge in [0.25, 0.3) is 0 Å². The zero-order chi connectivity index (χ0) is 13.2. The predicted octanol–water partition coefficient (Wildman–Crippen LogP) is 3.57. The number of hydrogen-bond acceptors (Lipinski definition) is 1. The van der Waals surface area contributed by atoms with E-state index in [-0.39, 0.29) is 6.04 Å². The molecule has 1 unspecified atom stereocenters. The second kappa shape index (κ2) is 5.22. The summed E-state index contributed by atoms with van der Waals surface area (Å²) < 4.78 is 2.29. The fraction of sp³-hybridized carbons (Fsp3) is 0.412. The molecule has 1 aliphatic rings. The SMILES string of the molecule is Cc1ccc(Cn2cc3c(c2)C(N)CCCC3)cc1. The molecule has 0 spiro atoms. The molecule has 1 atom stereocenters. The minimum Gasteiger partial charge on any atom is -0.349 e. The van der Waals surface area contributed by atoms with Crippen LogP contribution in [0.25, 0.3) is 0 Å². The van der Waals surface area contributed by atoms with Gasteiger partial charge >= 0.3 is 0 Å². The van der Waals surface area contributed by atoms with Gasteiger partial charge in [-0.25, -0.2) is 0 Å². The summed E-state index contributed by atoms with van der Waals surface area (Å²) in [6, 6.07) is 9.00. The molecule has 0 saturated heterocycles. The van der Waals surface area contributed by atoms with Gasteiger partial charge in [-0.2, -0.15) is 0 Å². The number of nitrogens with two attached hydrogens (primary N) is 1. The second-order valence-corrected chi connectivity index (χ2v) is 5.75. The first-order valence-electron chi connectivity index (χ1n) is 7.22. The molecule has 0 bridgehead atoms. The fourth-order valence-corrected chi connectivity index (χ4v) is 2.95. The molecule has 1 aromatic heterocycles. The molecule has 0 amide bonds. The van der Waals surface area contributed by atoms with Crippen molar-refractivity contribution in [1.29, 1.82) is 0 Å². The molecule has 2 aromatic rings. The van der Waals surface area contributed by atoms with E-state index in [2.05, 4.69) is 48.1 Å². The molecule has 0 aliphatic heterocycles. The first kappa shape index (κ1) is 12.5. The Kier molecular flexibility index (Phi) is 3.43. The summed E-state index contributed by atoms with van der Waals surface area (Å²) in [7, 11) is 0. The highest BCUT2D eigenvalue weighted by atomic mass is 14.9. The van der Waals surface area contributed by atoms with Crippen molar-refractivity contribution in [2.45, 2.75) is 45.2 Å². The number of benzene rings is 1. The lowest BCUT2D eigenvalue weighted by Crippen LogP contribution is -2.09. The summed E-state index contributed by atoms with van der Waals surface area (Å²) in [5.74, 6) is 0. The van der Waals surface area contributed by atoms with E-state index in [1.54, 1.807) is 0 Å². The number of aryl methyl sites for hydroxylation is 2. The monoisotopic (exact) mass is 254 g/mol. The van der Waals surface area contributed by atoms with E-state index >= 15 is 0 Å². The quantitative estimate of drug-likeness (QED) is 0.816. The van der Waals surface area contributed by atoms with Crippen LogP contribution in [-0.2, 0) is 13.0 Å². The van der Waals surface area contributed by atoms with Gasteiger partial charge in [0.2, 0.25) is 0 Å². The van der Waals surface area contributed by atoms with E-state index in [9.17, 15) is 0 Å². The molecule has 1 heterocycles. The van der Waals surface area contributed by atoms with E-state index in [1.807, 2.05) is 0 Å². The molecule has 3 rings (SSSR count). The second-order valence-electron chi connectivity index (χ2n) is 5.75. The maximum atomic E-state index is 6.26. The smallest absolute Gasteiger partial charge is 0.0470 e. The highest BCUT2D eigenvalue weighted by Crippen LogP contribution is 2.27. The number of nitrogens with zero attached hydrogens (tertiary/aromatic N) is 1. The van der Waals surface area contributed by atoms with Crippen LogP contribution in [0, 0.1) is 6.92 Å². The van der Waals surface area contributed by atoms with Crippen molar-refractivity contribution in [1.82, 2.24) is 4.57 Å². The van der Waals surface area contributed by atoms with E-state index in [0.29, 0.717) is 0 Å². The molecule has 19 heavy (non-hydrogen) atoms. The van der Waals surface area contributed by atoms with E-state index < -0.39 is 0 Å². The molecule has 100 valence electrons. The van der Waals surface area contributed by atoms with Gasteiger partial charge in [0.15, 0.2) is 0 Å². The lowest BCUT2D eigenvalue weighted by molar-refractivity contribution is 0.610. The van der Waals surface area contributed by atoms with Gasteiger partial charge in [-0.1, -0.05) is 36.2 Å². The summed E-state index contributed by atoms with van der Waals surface area (Å²) in [4.78, 5) is 0. The Hall–Kier alpha value is -1.54. The van der Waals surface area contributed by atoms with Gasteiger partial charge in [-0.15, -0.1) is 0 Å². The molecule has 2 nitrogen and oxygen atoms in total. The summed E-state index contributed by atoms with van der Waals surface area (Å²) in [5.41, 5.74) is 11.7. The van der Waals surface area contributed by atoms with Crippen LogP contribution < -0.4 is 5.73 Å². The molecule has 1 aromatic carbocycles. The fourth-order valence-electron chi connectivity index (χ4n) is 2.95. The minimum absolute atomic E-state index is 0.233. The third kappa shape index (κ3) is 2.74. The van der Waals surface area contributed by atoms with Crippen molar-refractivity contribution in [2.24, 2.45) is 5.73 Å². The largest absolute Gasteiger partial charge is 0.349 e. The Labute approximate surface area is 115 Å². The average Bonchev–Trinajstić information content (AvgIpc) is 2.72. The Balaban J connectivity index is 1.82. The number of rotatable bonds is 2. The van der Waals surface area contributed by atoms with Crippen LogP contribution in [0.5, 0.6) is 0 Å². The minimum atomic E-state index is 0.233. The third-order valence-electron chi connectivity index (χ3n) is 4.09. The average molecular weight is 254 g/mol. The summed E-state index contributed by atoms with van der Waals surface area (Å²) in [6.07, 6.45) is 9.39. The van der Waals surface area contributed by atoms with Crippen LogP contribution in [0.3, 0.4) is 0 Å². The maximum Gasteiger partial charge on any atom is 0.0470 e.